The molecule has 1 aliphatic carbocycles. The number of benzene rings is 1. The fourth-order valence-electron chi connectivity index (χ4n) is 4.48. The van der Waals surface area contributed by atoms with Crippen molar-refractivity contribution in [1.82, 2.24) is 9.97 Å². The minimum Gasteiger partial charge on any atom is -0.346 e. The second kappa shape index (κ2) is 8.79. The lowest BCUT2D eigenvalue weighted by atomic mass is 9.81. The van der Waals surface area contributed by atoms with Crippen LogP contribution in [0.5, 0.6) is 0 Å². The molecule has 27 heavy (non-hydrogen) atoms. The number of aryl methyl sites for hydroxylation is 2. The third kappa shape index (κ3) is 4.47. The standard InChI is InChI=1S/C24H28N2S/c27-21(13-11-20-14-16-25-24-23(20)15-17-26-24)12-10-19-8-4-5-9-22(19)18-6-2-1-3-7-18/h4-5,8-9,14-18H,1-3,6-7,10-13H2,(H,25,26). The van der Waals surface area contributed by atoms with Crippen LogP contribution in [0.3, 0.4) is 0 Å². The van der Waals surface area contributed by atoms with Crippen molar-refractivity contribution < 1.29 is 0 Å². The number of nitrogens with zero attached hydrogens (tertiary/aromatic N) is 1. The normalized spacial score (nSPS) is 15.3. The van der Waals surface area contributed by atoms with Gasteiger partial charge in [-0.05, 0) is 78.1 Å². The van der Waals surface area contributed by atoms with Crippen molar-refractivity contribution >= 4 is 28.1 Å². The lowest BCUT2D eigenvalue weighted by Gasteiger charge is -2.24. The van der Waals surface area contributed by atoms with Crippen LogP contribution in [0.4, 0.5) is 0 Å². The SMILES string of the molecule is S=C(CCc1ccccc1C1CCCCC1)CCc1ccnc2[nH]ccc12. The van der Waals surface area contributed by atoms with Gasteiger partial charge in [-0.3, -0.25) is 0 Å². The van der Waals surface area contributed by atoms with Crippen LogP contribution in [0.1, 0.15) is 67.6 Å². The van der Waals surface area contributed by atoms with Crippen molar-refractivity contribution in [3.05, 3.63) is 65.5 Å². The van der Waals surface area contributed by atoms with Gasteiger partial charge in [0.2, 0.25) is 0 Å². The topological polar surface area (TPSA) is 28.7 Å². The van der Waals surface area contributed by atoms with Crippen LogP contribution in [-0.4, -0.2) is 14.8 Å². The smallest absolute Gasteiger partial charge is 0.137 e. The Balaban J connectivity index is 1.35. The molecule has 1 N–H and O–H groups in total. The molecule has 1 aliphatic rings. The molecular weight excluding hydrogens is 348 g/mol. The highest BCUT2D eigenvalue weighted by molar-refractivity contribution is 7.80. The number of thiocarbonyl (C=S) groups is 1. The number of H-pyrrole nitrogens is 1. The maximum absolute atomic E-state index is 5.73. The van der Waals surface area contributed by atoms with E-state index in [1.807, 2.05) is 12.4 Å². The molecule has 1 fully saturated rings. The third-order valence-electron chi connectivity index (χ3n) is 6.00. The molecule has 4 rings (SSSR count). The van der Waals surface area contributed by atoms with Gasteiger partial charge in [-0.15, -0.1) is 0 Å². The Bertz CT molecular complexity index is 905. The lowest BCUT2D eigenvalue weighted by Crippen LogP contribution is -2.08. The minimum atomic E-state index is 0.766. The highest BCUT2D eigenvalue weighted by Gasteiger charge is 2.18. The molecule has 0 aliphatic heterocycles. The molecule has 140 valence electrons. The first-order chi connectivity index (χ1) is 13.3. The van der Waals surface area contributed by atoms with E-state index in [2.05, 4.69) is 46.4 Å². The second-order valence-corrected chi connectivity index (χ2v) is 8.36. The first-order valence-electron chi connectivity index (χ1n) is 10.3. The molecule has 2 nitrogen and oxygen atoms in total. The molecule has 1 aromatic carbocycles. The third-order valence-corrected chi connectivity index (χ3v) is 6.41. The summed E-state index contributed by atoms with van der Waals surface area (Å²) >= 11 is 5.73. The van der Waals surface area contributed by atoms with Crippen LogP contribution in [0, 0.1) is 0 Å². The van der Waals surface area contributed by atoms with Crippen molar-refractivity contribution in [3.63, 3.8) is 0 Å². The van der Waals surface area contributed by atoms with E-state index in [9.17, 15) is 0 Å². The number of aromatic amines is 1. The van der Waals surface area contributed by atoms with E-state index in [1.165, 1.54) is 53.5 Å². The van der Waals surface area contributed by atoms with Gasteiger partial charge in [0, 0.05) is 17.8 Å². The van der Waals surface area contributed by atoms with Gasteiger partial charge in [0.25, 0.3) is 0 Å². The van der Waals surface area contributed by atoms with E-state index in [1.54, 1.807) is 5.56 Å². The van der Waals surface area contributed by atoms with Crippen molar-refractivity contribution in [1.29, 1.82) is 0 Å². The van der Waals surface area contributed by atoms with Gasteiger partial charge in [0.05, 0.1) is 0 Å². The predicted octanol–water partition coefficient (Wildman–Crippen LogP) is 6.55. The molecule has 2 heterocycles. The molecule has 0 bridgehead atoms. The van der Waals surface area contributed by atoms with Crippen molar-refractivity contribution in [3.8, 4) is 0 Å². The van der Waals surface area contributed by atoms with Gasteiger partial charge in [-0.2, -0.15) is 0 Å². The Morgan fingerprint density at radius 1 is 0.963 bits per heavy atom. The molecule has 2 aromatic heterocycles. The number of nitrogens with one attached hydrogen (secondary N) is 1. The van der Waals surface area contributed by atoms with Gasteiger partial charge in [0.15, 0.2) is 0 Å². The van der Waals surface area contributed by atoms with Crippen molar-refractivity contribution in [2.24, 2.45) is 0 Å². The van der Waals surface area contributed by atoms with Crippen LogP contribution < -0.4 is 0 Å². The predicted molar refractivity (Wildman–Crippen MR) is 118 cm³/mol. The van der Waals surface area contributed by atoms with E-state index >= 15 is 0 Å². The molecule has 0 atom stereocenters. The van der Waals surface area contributed by atoms with E-state index in [0.717, 1.165) is 37.2 Å². The van der Waals surface area contributed by atoms with Crippen molar-refractivity contribution in [2.75, 3.05) is 0 Å². The summed E-state index contributed by atoms with van der Waals surface area (Å²) in [5.41, 5.74) is 5.41. The molecular formula is C24H28N2S. The number of rotatable bonds is 7. The van der Waals surface area contributed by atoms with Crippen LogP contribution in [0.25, 0.3) is 11.0 Å². The van der Waals surface area contributed by atoms with Crippen LogP contribution in [-0.2, 0) is 12.8 Å². The van der Waals surface area contributed by atoms with Crippen molar-refractivity contribution in [2.45, 2.75) is 63.7 Å². The number of hydrogen-bond acceptors (Lipinski definition) is 2. The number of fused-ring (bicyclic) bond motifs is 1. The van der Waals surface area contributed by atoms with Crippen LogP contribution in [0.15, 0.2) is 48.8 Å². The van der Waals surface area contributed by atoms with E-state index < -0.39 is 0 Å². The first kappa shape index (κ1) is 18.4. The Kier molecular flexibility index (Phi) is 5.98. The summed E-state index contributed by atoms with van der Waals surface area (Å²) in [6.45, 7) is 0. The monoisotopic (exact) mass is 376 g/mol. The maximum Gasteiger partial charge on any atom is 0.137 e. The molecule has 0 radical (unpaired) electrons. The Labute approximate surface area is 167 Å². The average Bonchev–Trinajstić information content (AvgIpc) is 3.21. The Morgan fingerprint density at radius 2 is 1.74 bits per heavy atom. The molecule has 3 heteroatoms. The highest BCUT2D eigenvalue weighted by atomic mass is 32.1. The molecule has 0 unspecified atom stereocenters. The fourth-order valence-corrected chi connectivity index (χ4v) is 4.69. The quantitative estimate of drug-likeness (QED) is 0.474. The van der Waals surface area contributed by atoms with Gasteiger partial charge < -0.3 is 4.98 Å². The largest absolute Gasteiger partial charge is 0.346 e. The van der Waals surface area contributed by atoms with Crippen LogP contribution in [0.2, 0.25) is 0 Å². The average molecular weight is 377 g/mol. The van der Waals surface area contributed by atoms with Gasteiger partial charge in [0.1, 0.15) is 5.65 Å². The summed E-state index contributed by atoms with van der Waals surface area (Å²) < 4.78 is 0. The summed E-state index contributed by atoms with van der Waals surface area (Å²) in [5, 5.41) is 1.22. The van der Waals surface area contributed by atoms with E-state index in [4.69, 9.17) is 12.2 Å². The molecule has 1 saturated carbocycles. The van der Waals surface area contributed by atoms with E-state index in [-0.39, 0.29) is 0 Å². The van der Waals surface area contributed by atoms with Gasteiger partial charge in [-0.1, -0.05) is 55.7 Å². The molecule has 0 spiro atoms. The zero-order chi connectivity index (χ0) is 18.5. The summed E-state index contributed by atoms with van der Waals surface area (Å²) in [5.74, 6) is 0.766. The van der Waals surface area contributed by atoms with E-state index in [0.29, 0.717) is 0 Å². The first-order valence-corrected chi connectivity index (χ1v) is 10.7. The summed E-state index contributed by atoms with van der Waals surface area (Å²) in [6.07, 6.45) is 14.8. The number of aromatic nitrogens is 2. The van der Waals surface area contributed by atoms with Gasteiger partial charge >= 0.3 is 0 Å². The molecule has 0 amide bonds. The zero-order valence-electron chi connectivity index (χ0n) is 15.9. The number of hydrogen-bond donors (Lipinski definition) is 1. The zero-order valence-corrected chi connectivity index (χ0v) is 16.7. The molecule has 3 aromatic rings. The maximum atomic E-state index is 5.73. The minimum absolute atomic E-state index is 0.766. The second-order valence-electron chi connectivity index (χ2n) is 7.78. The summed E-state index contributed by atoms with van der Waals surface area (Å²) in [4.78, 5) is 8.75. The number of pyridine rings is 1. The molecule has 0 saturated heterocycles. The van der Waals surface area contributed by atoms with Gasteiger partial charge in [-0.25, -0.2) is 4.98 Å². The summed E-state index contributed by atoms with van der Waals surface area (Å²) in [6, 6.07) is 13.3. The highest BCUT2D eigenvalue weighted by Crippen LogP contribution is 2.34. The fraction of sp³-hybridized carbons (Fsp3) is 0.417. The Hall–Kier alpha value is -2.00. The summed E-state index contributed by atoms with van der Waals surface area (Å²) in [7, 11) is 0. The Morgan fingerprint density at radius 3 is 2.59 bits per heavy atom. The lowest BCUT2D eigenvalue weighted by molar-refractivity contribution is 0.441. The van der Waals surface area contributed by atoms with Crippen LogP contribution >= 0.6 is 12.2 Å².